The molecule has 2 N–H and O–H groups in total. The minimum atomic E-state index is -0.595. The highest BCUT2D eigenvalue weighted by molar-refractivity contribution is 5.77. The van der Waals surface area contributed by atoms with E-state index < -0.39 is 6.10 Å². The number of benzene rings is 1. The van der Waals surface area contributed by atoms with Crippen LogP contribution in [0.15, 0.2) is 47.9 Å². The van der Waals surface area contributed by atoms with Gasteiger partial charge in [-0.2, -0.15) is 4.98 Å². The summed E-state index contributed by atoms with van der Waals surface area (Å²) in [4.78, 5) is 29.7. The van der Waals surface area contributed by atoms with E-state index in [2.05, 4.69) is 41.0 Å². The number of rotatable bonds is 6. The summed E-state index contributed by atoms with van der Waals surface area (Å²) in [6, 6.07) is 8.33. The minimum Gasteiger partial charge on any atom is -0.387 e. The molecule has 4 heterocycles. The van der Waals surface area contributed by atoms with Crippen LogP contribution in [0.4, 0.5) is 11.6 Å². The largest absolute Gasteiger partial charge is 0.387 e. The molecule has 9 nitrogen and oxygen atoms in total. The maximum atomic E-state index is 13.3. The smallest absolute Gasteiger partial charge is 0.278 e. The number of pyridine rings is 1. The standard InChI is InChI=1S/C29H31N7O2/c1-3-11-35-28(38)23-15-30-29(33-27(23)36(35)25-9-7-18-6-8-24(37)26(18)32-25)31-20-13-19-16-34(2)12-10-21(19)22(14-20)17-4-5-17/h3,7,9,13-15,17,24,37H,1,4-6,8,10-12,16H2,2H3,(H,30,31,33). The molecule has 4 aromatic rings. The third-order valence-electron chi connectivity index (χ3n) is 8.03. The fourth-order valence-electron chi connectivity index (χ4n) is 5.98. The van der Waals surface area contributed by atoms with Crippen molar-refractivity contribution in [3.63, 3.8) is 0 Å². The van der Waals surface area contributed by atoms with Crippen molar-refractivity contribution < 1.29 is 5.11 Å². The van der Waals surface area contributed by atoms with Gasteiger partial charge in [0.25, 0.3) is 5.56 Å². The zero-order valence-electron chi connectivity index (χ0n) is 21.5. The van der Waals surface area contributed by atoms with Gasteiger partial charge in [0.15, 0.2) is 11.5 Å². The van der Waals surface area contributed by atoms with Crippen molar-refractivity contribution in [1.29, 1.82) is 0 Å². The molecule has 0 amide bonds. The first-order valence-corrected chi connectivity index (χ1v) is 13.4. The van der Waals surface area contributed by atoms with Crippen molar-refractivity contribution in [2.45, 2.75) is 57.2 Å². The Balaban J connectivity index is 1.33. The van der Waals surface area contributed by atoms with Crippen molar-refractivity contribution in [3.8, 4) is 5.82 Å². The first-order valence-electron chi connectivity index (χ1n) is 13.4. The molecule has 7 rings (SSSR count). The lowest BCUT2D eigenvalue weighted by molar-refractivity contribution is 0.175. The van der Waals surface area contributed by atoms with Gasteiger partial charge in [-0.25, -0.2) is 19.3 Å². The van der Waals surface area contributed by atoms with E-state index in [1.54, 1.807) is 21.6 Å². The third-order valence-corrected chi connectivity index (χ3v) is 8.03. The summed E-state index contributed by atoms with van der Waals surface area (Å²) < 4.78 is 3.28. The number of aryl methyl sites for hydroxylation is 1. The topological polar surface area (TPSA) is 101 Å². The van der Waals surface area contributed by atoms with Crippen LogP contribution in [-0.2, 0) is 25.9 Å². The van der Waals surface area contributed by atoms with Gasteiger partial charge in [-0.15, -0.1) is 6.58 Å². The second-order valence-corrected chi connectivity index (χ2v) is 10.8. The number of fused-ring (bicyclic) bond motifs is 3. The molecule has 38 heavy (non-hydrogen) atoms. The van der Waals surface area contributed by atoms with Gasteiger partial charge in [-0.1, -0.05) is 12.1 Å². The Morgan fingerprint density at radius 1 is 1.16 bits per heavy atom. The summed E-state index contributed by atoms with van der Waals surface area (Å²) in [6.07, 6.45) is 7.71. The number of aliphatic hydroxyl groups excluding tert-OH is 1. The first-order chi connectivity index (χ1) is 18.5. The van der Waals surface area contributed by atoms with Crippen LogP contribution in [-0.4, -0.2) is 47.9 Å². The number of hydrogen-bond donors (Lipinski definition) is 2. The van der Waals surface area contributed by atoms with Crippen LogP contribution in [0.25, 0.3) is 16.9 Å². The molecule has 1 aliphatic heterocycles. The first kappa shape index (κ1) is 23.3. The Morgan fingerprint density at radius 3 is 2.84 bits per heavy atom. The quantitative estimate of drug-likeness (QED) is 0.382. The van der Waals surface area contributed by atoms with Gasteiger partial charge in [0.2, 0.25) is 5.95 Å². The summed E-state index contributed by atoms with van der Waals surface area (Å²) in [6.45, 7) is 6.15. The van der Waals surface area contributed by atoms with Crippen LogP contribution >= 0.6 is 0 Å². The Morgan fingerprint density at radius 2 is 2.03 bits per heavy atom. The molecule has 0 saturated heterocycles. The van der Waals surface area contributed by atoms with E-state index in [0.717, 1.165) is 37.2 Å². The lowest BCUT2D eigenvalue weighted by Gasteiger charge is -2.28. The maximum Gasteiger partial charge on any atom is 0.278 e. The molecule has 3 aromatic heterocycles. The molecule has 1 unspecified atom stereocenters. The summed E-state index contributed by atoms with van der Waals surface area (Å²) in [5.41, 5.74) is 7.26. The van der Waals surface area contributed by atoms with Crippen LogP contribution in [0.1, 0.15) is 59.2 Å². The highest BCUT2D eigenvalue weighted by atomic mass is 16.3. The molecule has 0 radical (unpaired) electrons. The van der Waals surface area contributed by atoms with Gasteiger partial charge in [-0.3, -0.25) is 4.79 Å². The van der Waals surface area contributed by atoms with E-state index in [4.69, 9.17) is 9.97 Å². The molecule has 1 atom stereocenters. The van der Waals surface area contributed by atoms with Crippen molar-refractivity contribution in [2.24, 2.45) is 0 Å². The van der Waals surface area contributed by atoms with Crippen LogP contribution in [0, 0.1) is 0 Å². The number of likely N-dealkylation sites (N-methyl/N-ethyl adjacent to an activating group) is 1. The monoisotopic (exact) mass is 509 g/mol. The van der Waals surface area contributed by atoms with E-state index in [1.807, 2.05) is 12.1 Å². The molecule has 3 aliphatic rings. The summed E-state index contributed by atoms with van der Waals surface area (Å²) in [7, 11) is 2.16. The lowest BCUT2D eigenvalue weighted by Crippen LogP contribution is -2.27. The maximum absolute atomic E-state index is 13.3. The molecule has 194 valence electrons. The van der Waals surface area contributed by atoms with Crippen molar-refractivity contribution in [3.05, 3.63) is 81.4 Å². The van der Waals surface area contributed by atoms with E-state index in [-0.39, 0.29) is 5.56 Å². The Labute approximate surface area is 220 Å². The number of nitrogens with one attached hydrogen (secondary N) is 1. The number of allylic oxidation sites excluding steroid dienone is 1. The Kier molecular flexibility index (Phi) is 5.45. The van der Waals surface area contributed by atoms with Gasteiger partial charge in [0.1, 0.15) is 5.39 Å². The fourth-order valence-corrected chi connectivity index (χ4v) is 5.98. The Hall–Kier alpha value is -3.82. The molecular weight excluding hydrogens is 478 g/mol. The van der Waals surface area contributed by atoms with Gasteiger partial charge >= 0.3 is 0 Å². The molecule has 9 heteroatoms. The molecule has 1 saturated carbocycles. The number of nitrogens with zero attached hydrogens (tertiary/aromatic N) is 6. The highest BCUT2D eigenvalue weighted by Gasteiger charge is 2.29. The number of aliphatic hydroxyl groups is 1. The van der Waals surface area contributed by atoms with Crippen molar-refractivity contribution in [1.82, 2.24) is 29.2 Å². The zero-order valence-corrected chi connectivity index (χ0v) is 21.5. The van der Waals surface area contributed by atoms with Crippen molar-refractivity contribution in [2.75, 3.05) is 18.9 Å². The van der Waals surface area contributed by atoms with Crippen LogP contribution in [0.3, 0.4) is 0 Å². The average Bonchev–Trinajstić information content (AvgIpc) is 3.65. The molecular formula is C29H31N7O2. The third kappa shape index (κ3) is 3.85. The van der Waals surface area contributed by atoms with E-state index in [9.17, 15) is 9.90 Å². The van der Waals surface area contributed by atoms with Crippen LogP contribution in [0.5, 0.6) is 0 Å². The van der Waals surface area contributed by atoms with E-state index in [1.165, 1.54) is 29.5 Å². The Bertz CT molecular complexity index is 1650. The predicted octanol–water partition coefficient (Wildman–Crippen LogP) is 3.75. The number of aromatic nitrogens is 5. The predicted molar refractivity (Wildman–Crippen MR) is 146 cm³/mol. The van der Waals surface area contributed by atoms with Gasteiger partial charge in [0, 0.05) is 25.0 Å². The van der Waals surface area contributed by atoms with Crippen molar-refractivity contribution >= 4 is 22.7 Å². The second-order valence-electron chi connectivity index (χ2n) is 10.8. The molecule has 1 fully saturated rings. The SMILES string of the molecule is C=CCn1c(=O)c2cnc(Nc3cc4c(c(C5CC5)c3)CCN(C)C4)nc2n1-c1ccc2c(n1)C(O)CC2. The summed E-state index contributed by atoms with van der Waals surface area (Å²) >= 11 is 0. The van der Waals surface area contributed by atoms with Gasteiger partial charge in [-0.05, 0) is 85.5 Å². The average molecular weight is 510 g/mol. The molecule has 2 aliphatic carbocycles. The number of hydrogen-bond acceptors (Lipinski definition) is 7. The molecule has 0 bridgehead atoms. The lowest BCUT2D eigenvalue weighted by atomic mass is 9.91. The van der Waals surface area contributed by atoms with Crippen LogP contribution in [0.2, 0.25) is 0 Å². The van der Waals surface area contributed by atoms with E-state index in [0.29, 0.717) is 47.4 Å². The molecule has 1 aromatic carbocycles. The minimum absolute atomic E-state index is 0.206. The normalized spacial score (nSPS) is 18.9. The van der Waals surface area contributed by atoms with E-state index >= 15 is 0 Å². The summed E-state index contributed by atoms with van der Waals surface area (Å²) in [5.74, 6) is 1.61. The second kappa shape index (κ2) is 8.89. The zero-order chi connectivity index (χ0) is 26.0. The fraction of sp³-hybridized carbons (Fsp3) is 0.379. The highest BCUT2D eigenvalue weighted by Crippen LogP contribution is 2.44. The summed E-state index contributed by atoms with van der Waals surface area (Å²) in [5, 5.41) is 14.3. The van der Waals surface area contributed by atoms with Gasteiger partial charge in [0.05, 0.1) is 18.3 Å². The number of anilines is 2. The van der Waals surface area contributed by atoms with Gasteiger partial charge < -0.3 is 15.3 Å². The molecule has 0 spiro atoms. The van der Waals surface area contributed by atoms with Crippen LogP contribution < -0.4 is 10.9 Å².